The summed E-state index contributed by atoms with van der Waals surface area (Å²) in [7, 11) is 1.65. The molecule has 0 fully saturated rings. The van der Waals surface area contributed by atoms with Gasteiger partial charge in [-0.25, -0.2) is 0 Å². The van der Waals surface area contributed by atoms with Gasteiger partial charge in [0.15, 0.2) is 6.04 Å². The zero-order valence-electron chi connectivity index (χ0n) is 10.3. The van der Waals surface area contributed by atoms with Gasteiger partial charge in [-0.2, -0.15) is 5.26 Å². The maximum Gasteiger partial charge on any atom is 0.223 e. The molecule has 0 radical (unpaired) electrons. The summed E-state index contributed by atoms with van der Waals surface area (Å²) < 4.78 is 0. The summed E-state index contributed by atoms with van der Waals surface area (Å²) in [4.78, 5) is 17.4. The molecule has 1 aromatic heterocycles. The third-order valence-corrected chi connectivity index (χ3v) is 2.62. The van der Waals surface area contributed by atoms with E-state index < -0.39 is 6.04 Å². The number of hydrogen-bond acceptors (Lipinski definition) is 3. The number of aromatic nitrogens is 1. The van der Waals surface area contributed by atoms with Crippen LogP contribution in [0.25, 0.3) is 0 Å². The van der Waals surface area contributed by atoms with Gasteiger partial charge in [-0.15, -0.1) is 0 Å². The second-order valence-corrected chi connectivity index (χ2v) is 3.89. The van der Waals surface area contributed by atoms with Crippen LogP contribution in [0.3, 0.4) is 0 Å². The van der Waals surface area contributed by atoms with Gasteiger partial charge in [0.1, 0.15) is 0 Å². The number of carbonyl (C=O) groups is 1. The lowest BCUT2D eigenvalue weighted by Crippen LogP contribution is -2.30. The Morgan fingerprint density at radius 2 is 2.35 bits per heavy atom. The largest absolute Gasteiger partial charge is 0.325 e. The summed E-state index contributed by atoms with van der Waals surface area (Å²) in [5.74, 6) is -0.0101. The molecule has 1 unspecified atom stereocenters. The Morgan fingerprint density at radius 1 is 1.59 bits per heavy atom. The summed E-state index contributed by atoms with van der Waals surface area (Å²) in [6, 6.07) is 6.89. The van der Waals surface area contributed by atoms with Gasteiger partial charge < -0.3 is 4.90 Å². The maximum absolute atomic E-state index is 11.8. The molecule has 4 heteroatoms. The van der Waals surface area contributed by atoms with E-state index in [9.17, 15) is 4.79 Å². The Hall–Kier alpha value is -1.89. The first-order chi connectivity index (χ1) is 8.20. The molecule has 1 rings (SSSR count). The van der Waals surface area contributed by atoms with Crippen molar-refractivity contribution in [1.82, 2.24) is 9.88 Å². The molecule has 1 amide bonds. The Morgan fingerprint density at radius 3 is 2.88 bits per heavy atom. The van der Waals surface area contributed by atoms with Crippen LogP contribution >= 0.6 is 0 Å². The van der Waals surface area contributed by atoms with Crippen molar-refractivity contribution in [1.29, 1.82) is 5.26 Å². The average molecular weight is 231 g/mol. The summed E-state index contributed by atoms with van der Waals surface area (Å²) in [6.45, 7) is 2.04. The molecular formula is C13H17N3O. The number of carbonyl (C=O) groups excluding carboxylic acids is 1. The van der Waals surface area contributed by atoms with E-state index in [1.165, 1.54) is 4.90 Å². The Balaban J connectivity index is 2.75. The van der Waals surface area contributed by atoms with Crippen LogP contribution in [-0.2, 0) is 4.79 Å². The van der Waals surface area contributed by atoms with E-state index in [1.54, 1.807) is 25.4 Å². The SMILES string of the molecule is CCCCC(=O)N(C)C(C#N)c1ccccn1. The Bertz CT molecular complexity index is 397. The highest BCUT2D eigenvalue weighted by Gasteiger charge is 2.21. The molecule has 1 heterocycles. The number of hydrogen-bond donors (Lipinski definition) is 0. The number of pyridine rings is 1. The standard InChI is InChI=1S/C13H17N3O/c1-3-4-8-13(17)16(2)12(10-14)11-7-5-6-9-15-11/h5-7,9,12H,3-4,8H2,1-2H3. The fraction of sp³-hybridized carbons (Fsp3) is 0.462. The highest BCUT2D eigenvalue weighted by atomic mass is 16.2. The first-order valence-corrected chi connectivity index (χ1v) is 5.77. The number of rotatable bonds is 5. The van der Waals surface area contributed by atoms with Crippen molar-refractivity contribution >= 4 is 5.91 Å². The molecule has 0 aliphatic carbocycles. The second-order valence-electron chi connectivity index (χ2n) is 3.89. The van der Waals surface area contributed by atoms with Crippen LogP contribution in [0, 0.1) is 11.3 Å². The maximum atomic E-state index is 11.8. The zero-order valence-corrected chi connectivity index (χ0v) is 10.3. The lowest BCUT2D eigenvalue weighted by atomic mass is 10.1. The van der Waals surface area contributed by atoms with E-state index in [-0.39, 0.29) is 5.91 Å². The molecule has 90 valence electrons. The minimum Gasteiger partial charge on any atom is -0.325 e. The molecule has 0 bridgehead atoms. The smallest absolute Gasteiger partial charge is 0.223 e. The van der Waals surface area contributed by atoms with Crippen molar-refractivity contribution in [2.45, 2.75) is 32.2 Å². The molecule has 17 heavy (non-hydrogen) atoms. The number of nitriles is 1. The molecule has 0 spiro atoms. The molecule has 1 aromatic rings. The lowest BCUT2D eigenvalue weighted by Gasteiger charge is -2.22. The monoisotopic (exact) mass is 231 g/mol. The Labute approximate surface area is 102 Å². The van der Waals surface area contributed by atoms with Gasteiger partial charge in [-0.1, -0.05) is 19.4 Å². The quantitative estimate of drug-likeness (QED) is 0.781. The van der Waals surface area contributed by atoms with Gasteiger partial charge in [0, 0.05) is 19.7 Å². The Kier molecular flexibility index (Phi) is 5.15. The minimum atomic E-state index is -0.597. The molecule has 0 aliphatic rings. The number of amides is 1. The molecule has 0 N–H and O–H groups in total. The second kappa shape index (κ2) is 6.64. The van der Waals surface area contributed by atoms with Crippen molar-refractivity contribution in [2.75, 3.05) is 7.05 Å². The van der Waals surface area contributed by atoms with Crippen molar-refractivity contribution in [3.8, 4) is 6.07 Å². The minimum absolute atomic E-state index is 0.0101. The first-order valence-electron chi connectivity index (χ1n) is 5.77. The van der Waals surface area contributed by atoms with Gasteiger partial charge >= 0.3 is 0 Å². The highest BCUT2D eigenvalue weighted by molar-refractivity contribution is 5.76. The molecule has 1 atom stereocenters. The van der Waals surface area contributed by atoms with E-state index in [1.807, 2.05) is 13.0 Å². The molecule has 0 aromatic carbocycles. The van der Waals surface area contributed by atoms with E-state index in [4.69, 9.17) is 5.26 Å². The van der Waals surface area contributed by atoms with Gasteiger partial charge in [0.2, 0.25) is 5.91 Å². The molecule has 4 nitrogen and oxygen atoms in total. The van der Waals surface area contributed by atoms with E-state index >= 15 is 0 Å². The van der Waals surface area contributed by atoms with Gasteiger partial charge in [-0.05, 0) is 18.6 Å². The number of unbranched alkanes of at least 4 members (excludes halogenated alkanes) is 1. The third kappa shape index (κ3) is 3.56. The van der Waals surface area contributed by atoms with Crippen LogP contribution in [0.5, 0.6) is 0 Å². The summed E-state index contributed by atoms with van der Waals surface area (Å²) in [6.07, 6.45) is 3.94. The van der Waals surface area contributed by atoms with Gasteiger partial charge in [-0.3, -0.25) is 9.78 Å². The van der Waals surface area contributed by atoms with Crippen molar-refractivity contribution in [3.63, 3.8) is 0 Å². The van der Waals surface area contributed by atoms with Crippen LogP contribution in [0.2, 0.25) is 0 Å². The van der Waals surface area contributed by atoms with E-state index in [0.29, 0.717) is 12.1 Å². The molecule has 0 saturated heterocycles. The predicted molar refractivity (Wildman–Crippen MR) is 64.9 cm³/mol. The third-order valence-electron chi connectivity index (χ3n) is 2.62. The van der Waals surface area contributed by atoms with E-state index in [0.717, 1.165) is 12.8 Å². The van der Waals surface area contributed by atoms with Crippen molar-refractivity contribution in [3.05, 3.63) is 30.1 Å². The van der Waals surface area contributed by atoms with Crippen molar-refractivity contribution in [2.24, 2.45) is 0 Å². The van der Waals surface area contributed by atoms with Crippen LogP contribution in [-0.4, -0.2) is 22.8 Å². The summed E-state index contributed by atoms with van der Waals surface area (Å²) in [5.41, 5.74) is 0.613. The molecule has 0 aliphatic heterocycles. The summed E-state index contributed by atoms with van der Waals surface area (Å²) >= 11 is 0. The lowest BCUT2D eigenvalue weighted by molar-refractivity contribution is -0.131. The van der Waals surface area contributed by atoms with Gasteiger partial charge in [0.05, 0.1) is 11.8 Å². The van der Waals surface area contributed by atoms with Crippen LogP contribution in [0.15, 0.2) is 24.4 Å². The molecular weight excluding hydrogens is 214 g/mol. The normalized spacial score (nSPS) is 11.6. The molecule has 0 saturated carbocycles. The zero-order chi connectivity index (χ0) is 12.7. The van der Waals surface area contributed by atoms with Crippen LogP contribution < -0.4 is 0 Å². The first kappa shape index (κ1) is 13.2. The number of nitrogens with zero attached hydrogens (tertiary/aromatic N) is 3. The fourth-order valence-electron chi connectivity index (χ4n) is 1.54. The highest BCUT2D eigenvalue weighted by Crippen LogP contribution is 2.17. The van der Waals surface area contributed by atoms with Gasteiger partial charge in [0.25, 0.3) is 0 Å². The van der Waals surface area contributed by atoms with Crippen LogP contribution in [0.4, 0.5) is 0 Å². The van der Waals surface area contributed by atoms with Crippen molar-refractivity contribution < 1.29 is 4.79 Å². The predicted octanol–water partition coefficient (Wildman–Crippen LogP) is 2.29. The topological polar surface area (TPSA) is 57.0 Å². The van der Waals surface area contributed by atoms with E-state index in [2.05, 4.69) is 11.1 Å². The average Bonchev–Trinajstić information content (AvgIpc) is 2.38. The fourth-order valence-corrected chi connectivity index (χ4v) is 1.54. The summed E-state index contributed by atoms with van der Waals surface area (Å²) in [5, 5.41) is 9.14. The van der Waals surface area contributed by atoms with Crippen LogP contribution in [0.1, 0.15) is 37.9 Å².